The minimum Gasteiger partial charge on any atom is -0.374 e. The largest absolute Gasteiger partial charge is 0.374 e. The SMILES string of the molecule is O=C(CNc1ccc(Cl)c2cccnc12)N1CCCC1. The molecule has 0 saturated carbocycles. The van der Waals surface area contributed by atoms with Gasteiger partial charge in [0, 0.05) is 24.7 Å². The van der Waals surface area contributed by atoms with Crippen molar-refractivity contribution in [1.29, 1.82) is 0 Å². The van der Waals surface area contributed by atoms with E-state index in [-0.39, 0.29) is 5.91 Å². The van der Waals surface area contributed by atoms with Crippen LogP contribution in [-0.2, 0) is 4.79 Å². The van der Waals surface area contributed by atoms with Crippen molar-refractivity contribution >= 4 is 34.1 Å². The molecule has 4 nitrogen and oxygen atoms in total. The van der Waals surface area contributed by atoms with Gasteiger partial charge in [-0.15, -0.1) is 0 Å². The Bertz CT molecular complexity index is 638. The van der Waals surface area contributed by atoms with E-state index in [9.17, 15) is 4.79 Å². The second kappa shape index (κ2) is 5.67. The molecule has 2 aromatic rings. The Kier molecular flexibility index (Phi) is 3.74. The molecule has 0 radical (unpaired) electrons. The molecule has 1 amide bonds. The van der Waals surface area contributed by atoms with Crippen LogP contribution in [0.5, 0.6) is 0 Å². The molecule has 0 spiro atoms. The van der Waals surface area contributed by atoms with Crippen molar-refractivity contribution in [2.75, 3.05) is 25.0 Å². The van der Waals surface area contributed by atoms with Crippen LogP contribution in [0.25, 0.3) is 10.9 Å². The molecular weight excluding hydrogens is 274 g/mol. The zero-order valence-corrected chi connectivity index (χ0v) is 11.9. The molecule has 1 saturated heterocycles. The highest BCUT2D eigenvalue weighted by Gasteiger charge is 2.17. The van der Waals surface area contributed by atoms with Gasteiger partial charge in [0.25, 0.3) is 0 Å². The van der Waals surface area contributed by atoms with Crippen LogP contribution in [0.2, 0.25) is 5.02 Å². The lowest BCUT2D eigenvalue weighted by Gasteiger charge is -2.16. The maximum absolute atomic E-state index is 12.0. The van der Waals surface area contributed by atoms with Crippen molar-refractivity contribution in [2.45, 2.75) is 12.8 Å². The highest BCUT2D eigenvalue weighted by Crippen LogP contribution is 2.27. The molecule has 5 heteroatoms. The molecule has 1 N–H and O–H groups in total. The van der Waals surface area contributed by atoms with Crippen molar-refractivity contribution in [1.82, 2.24) is 9.88 Å². The molecule has 1 fully saturated rings. The van der Waals surface area contributed by atoms with Gasteiger partial charge in [-0.1, -0.05) is 11.6 Å². The molecule has 1 aliphatic rings. The maximum atomic E-state index is 12.0. The van der Waals surface area contributed by atoms with Crippen molar-refractivity contribution in [3.8, 4) is 0 Å². The van der Waals surface area contributed by atoms with Crippen LogP contribution in [0.1, 0.15) is 12.8 Å². The minimum atomic E-state index is 0.140. The average molecular weight is 290 g/mol. The molecular formula is C15H16ClN3O. The van der Waals surface area contributed by atoms with Gasteiger partial charge in [-0.3, -0.25) is 9.78 Å². The van der Waals surface area contributed by atoms with Crippen molar-refractivity contribution in [3.63, 3.8) is 0 Å². The van der Waals surface area contributed by atoms with E-state index in [0.717, 1.165) is 42.5 Å². The van der Waals surface area contributed by atoms with E-state index in [4.69, 9.17) is 11.6 Å². The second-order valence-electron chi connectivity index (χ2n) is 4.94. The maximum Gasteiger partial charge on any atom is 0.241 e. The van der Waals surface area contributed by atoms with Crippen LogP contribution < -0.4 is 5.32 Å². The van der Waals surface area contributed by atoms with E-state index < -0.39 is 0 Å². The number of nitrogens with one attached hydrogen (secondary N) is 1. The van der Waals surface area contributed by atoms with E-state index in [1.807, 2.05) is 29.2 Å². The lowest BCUT2D eigenvalue weighted by atomic mass is 10.2. The van der Waals surface area contributed by atoms with Gasteiger partial charge in [0.15, 0.2) is 0 Å². The third-order valence-electron chi connectivity index (χ3n) is 3.61. The monoisotopic (exact) mass is 289 g/mol. The zero-order valence-electron chi connectivity index (χ0n) is 11.1. The number of halogens is 1. The molecule has 0 atom stereocenters. The molecule has 0 bridgehead atoms. The van der Waals surface area contributed by atoms with Gasteiger partial charge in [-0.05, 0) is 37.1 Å². The van der Waals surface area contributed by atoms with Gasteiger partial charge in [0.2, 0.25) is 5.91 Å². The number of benzene rings is 1. The molecule has 3 rings (SSSR count). The lowest BCUT2D eigenvalue weighted by molar-refractivity contribution is -0.128. The summed E-state index contributed by atoms with van der Waals surface area (Å²) in [6, 6.07) is 7.48. The van der Waals surface area contributed by atoms with Gasteiger partial charge >= 0.3 is 0 Å². The first-order chi connectivity index (χ1) is 9.75. The van der Waals surface area contributed by atoms with Gasteiger partial charge in [0.05, 0.1) is 22.8 Å². The van der Waals surface area contributed by atoms with Gasteiger partial charge in [0.1, 0.15) is 0 Å². The topological polar surface area (TPSA) is 45.2 Å². The summed E-state index contributed by atoms with van der Waals surface area (Å²) in [5.74, 6) is 0.140. The minimum absolute atomic E-state index is 0.140. The van der Waals surface area contributed by atoms with E-state index >= 15 is 0 Å². The molecule has 104 valence electrons. The number of hydrogen-bond acceptors (Lipinski definition) is 3. The predicted molar refractivity (Wildman–Crippen MR) is 81.1 cm³/mol. The van der Waals surface area contributed by atoms with Crippen molar-refractivity contribution in [2.24, 2.45) is 0 Å². The Hall–Kier alpha value is -1.81. The molecule has 20 heavy (non-hydrogen) atoms. The predicted octanol–water partition coefficient (Wildman–Crippen LogP) is 2.92. The van der Waals surface area contributed by atoms with E-state index in [0.29, 0.717) is 11.6 Å². The number of amides is 1. The fourth-order valence-electron chi connectivity index (χ4n) is 2.53. The number of rotatable bonds is 3. The summed E-state index contributed by atoms with van der Waals surface area (Å²) in [4.78, 5) is 18.3. The number of hydrogen-bond donors (Lipinski definition) is 1. The number of likely N-dealkylation sites (tertiary alicyclic amines) is 1. The number of aromatic nitrogens is 1. The number of carbonyl (C=O) groups excluding carboxylic acids is 1. The Morgan fingerprint density at radius 3 is 2.90 bits per heavy atom. The van der Waals surface area contributed by atoms with Crippen LogP contribution in [0.15, 0.2) is 30.5 Å². The number of pyridine rings is 1. The van der Waals surface area contributed by atoms with Crippen LogP contribution >= 0.6 is 11.6 Å². The van der Waals surface area contributed by atoms with E-state index in [1.54, 1.807) is 6.20 Å². The number of anilines is 1. The number of nitrogens with zero attached hydrogens (tertiary/aromatic N) is 2. The van der Waals surface area contributed by atoms with Crippen LogP contribution in [0.4, 0.5) is 5.69 Å². The van der Waals surface area contributed by atoms with Crippen molar-refractivity contribution in [3.05, 3.63) is 35.5 Å². The van der Waals surface area contributed by atoms with Gasteiger partial charge < -0.3 is 10.2 Å². The second-order valence-corrected chi connectivity index (χ2v) is 5.34. The summed E-state index contributed by atoms with van der Waals surface area (Å²) >= 11 is 6.15. The molecule has 1 aromatic carbocycles. The third kappa shape index (κ3) is 2.56. The fraction of sp³-hybridized carbons (Fsp3) is 0.333. The first kappa shape index (κ1) is 13.2. The van der Waals surface area contributed by atoms with E-state index in [1.165, 1.54) is 0 Å². The van der Waals surface area contributed by atoms with E-state index in [2.05, 4.69) is 10.3 Å². The Morgan fingerprint density at radius 1 is 1.30 bits per heavy atom. The summed E-state index contributed by atoms with van der Waals surface area (Å²) in [5.41, 5.74) is 1.65. The number of fused-ring (bicyclic) bond motifs is 1. The van der Waals surface area contributed by atoms with Crippen LogP contribution in [0.3, 0.4) is 0 Å². The first-order valence-electron chi connectivity index (χ1n) is 6.80. The summed E-state index contributed by atoms with van der Waals surface area (Å²) in [7, 11) is 0. The summed E-state index contributed by atoms with van der Waals surface area (Å²) in [6.07, 6.45) is 3.94. The molecule has 0 aliphatic carbocycles. The molecule has 1 aliphatic heterocycles. The Labute approximate surface area is 122 Å². The quantitative estimate of drug-likeness (QED) is 0.945. The zero-order chi connectivity index (χ0) is 13.9. The highest BCUT2D eigenvalue weighted by molar-refractivity contribution is 6.35. The molecule has 1 aromatic heterocycles. The third-order valence-corrected chi connectivity index (χ3v) is 3.93. The summed E-state index contributed by atoms with van der Waals surface area (Å²) in [5, 5.41) is 4.75. The van der Waals surface area contributed by atoms with Gasteiger partial charge in [-0.25, -0.2) is 0 Å². The van der Waals surface area contributed by atoms with Crippen molar-refractivity contribution < 1.29 is 4.79 Å². The summed E-state index contributed by atoms with van der Waals surface area (Å²) in [6.45, 7) is 2.05. The number of carbonyl (C=O) groups is 1. The lowest BCUT2D eigenvalue weighted by Crippen LogP contribution is -2.33. The molecule has 0 unspecified atom stereocenters. The van der Waals surface area contributed by atoms with Gasteiger partial charge in [-0.2, -0.15) is 0 Å². The normalized spacial score (nSPS) is 14.8. The Balaban J connectivity index is 1.77. The highest BCUT2D eigenvalue weighted by atomic mass is 35.5. The summed E-state index contributed by atoms with van der Waals surface area (Å²) < 4.78 is 0. The average Bonchev–Trinajstić information content (AvgIpc) is 3.01. The fourth-order valence-corrected chi connectivity index (χ4v) is 2.75. The smallest absolute Gasteiger partial charge is 0.241 e. The Morgan fingerprint density at radius 2 is 2.10 bits per heavy atom. The molecule has 2 heterocycles. The standard InChI is InChI=1S/C15H16ClN3O/c16-12-5-6-13(15-11(12)4-3-7-17-15)18-10-14(20)19-8-1-2-9-19/h3-7,18H,1-2,8-10H2. The first-order valence-corrected chi connectivity index (χ1v) is 7.18. The van der Waals surface area contributed by atoms with Crippen LogP contribution in [-0.4, -0.2) is 35.4 Å². The van der Waals surface area contributed by atoms with Crippen LogP contribution in [0, 0.1) is 0 Å².